The van der Waals surface area contributed by atoms with Crippen molar-refractivity contribution in [1.29, 1.82) is 0 Å². The van der Waals surface area contributed by atoms with Gasteiger partial charge in [0.05, 0.1) is 4.90 Å². The minimum Gasteiger partial charge on any atom is -0.206 e. The smallest absolute Gasteiger partial charge is 0.206 e. The summed E-state index contributed by atoms with van der Waals surface area (Å²) in [6, 6.07) is 8.43. The molecule has 0 aliphatic carbocycles. The Morgan fingerprint density at radius 1 is 1.40 bits per heavy atom. The molecule has 0 atom stereocenters. The first-order chi connectivity index (χ1) is 4.61. The van der Waals surface area contributed by atoms with E-state index < -0.39 is 10.0 Å². The van der Waals surface area contributed by atoms with Crippen LogP contribution in [0.5, 0.6) is 0 Å². The van der Waals surface area contributed by atoms with Gasteiger partial charge in [-0.3, -0.25) is 0 Å². The van der Waals surface area contributed by atoms with Crippen LogP contribution in [-0.2, 0) is 10.0 Å². The molecule has 0 unspecified atom stereocenters. The maximum Gasteiger partial charge on any atom is 0.254 e. The predicted molar refractivity (Wildman–Crippen MR) is 35.6 cm³/mol. The van der Waals surface area contributed by atoms with Crippen LogP contribution in [0.4, 0.5) is 0 Å². The van der Waals surface area contributed by atoms with E-state index in [1.54, 1.807) is 12.1 Å². The molecular formula is C6H5NO2S. The van der Waals surface area contributed by atoms with Gasteiger partial charge >= 0.3 is 0 Å². The zero-order chi connectivity index (χ0) is 7.61. The van der Waals surface area contributed by atoms with Crippen molar-refractivity contribution in [2.45, 2.75) is 4.90 Å². The molecule has 0 fully saturated rings. The van der Waals surface area contributed by atoms with Crippen LogP contribution in [0.25, 0.3) is 0 Å². The summed E-state index contributed by atoms with van der Waals surface area (Å²) < 4.78 is 20.9. The first-order valence-electron chi connectivity index (χ1n) is 2.57. The molecule has 0 aromatic heterocycles. The zero-order valence-corrected chi connectivity index (χ0v) is 5.85. The summed E-state index contributed by atoms with van der Waals surface area (Å²) in [5.74, 6) is 0. The van der Waals surface area contributed by atoms with Gasteiger partial charge in [0, 0.05) is 6.07 Å². The molecule has 1 aromatic rings. The third-order valence-corrected chi connectivity index (χ3v) is 1.80. The second kappa shape index (κ2) is 2.40. The Labute approximate surface area is 59.5 Å². The van der Waals surface area contributed by atoms with Crippen LogP contribution in [0.3, 0.4) is 0 Å². The van der Waals surface area contributed by atoms with Crippen LogP contribution < -0.4 is 5.14 Å². The Bertz CT molecular complexity index is 304. The van der Waals surface area contributed by atoms with Gasteiger partial charge in [0.2, 0.25) is 0 Å². The monoisotopic (exact) mass is 155 g/mol. The van der Waals surface area contributed by atoms with E-state index in [0.29, 0.717) is 0 Å². The lowest BCUT2D eigenvalue weighted by molar-refractivity contribution is 0.596. The average molecular weight is 155 g/mol. The highest BCUT2D eigenvalue weighted by Gasteiger charge is 2.05. The van der Waals surface area contributed by atoms with Gasteiger partial charge in [-0.25, -0.2) is 8.42 Å². The van der Waals surface area contributed by atoms with E-state index in [-0.39, 0.29) is 4.90 Å². The van der Waals surface area contributed by atoms with E-state index in [2.05, 4.69) is 6.07 Å². The molecule has 1 aromatic carbocycles. The summed E-state index contributed by atoms with van der Waals surface area (Å²) in [6.45, 7) is 0. The maximum atomic E-state index is 10.5. The highest BCUT2D eigenvalue weighted by Crippen LogP contribution is 2.03. The van der Waals surface area contributed by atoms with Crippen molar-refractivity contribution in [1.82, 2.24) is 5.14 Å². The summed E-state index contributed by atoms with van der Waals surface area (Å²) in [7, 11) is -3.81. The Morgan fingerprint density at radius 2 is 2.10 bits per heavy atom. The summed E-state index contributed by atoms with van der Waals surface area (Å²) in [5, 5.41) is 6.61. The second-order valence-corrected chi connectivity index (χ2v) is 3.18. The summed E-state index contributed by atoms with van der Waals surface area (Å²) in [4.78, 5) is -0.0880. The number of hydrogen-bond acceptors (Lipinski definition) is 2. The van der Waals surface area contributed by atoms with Crippen molar-refractivity contribution < 1.29 is 8.42 Å². The van der Waals surface area contributed by atoms with Crippen molar-refractivity contribution in [3.63, 3.8) is 0 Å². The third-order valence-electron chi connectivity index (χ3n) is 0.970. The lowest BCUT2D eigenvalue weighted by Crippen LogP contribution is -1.99. The highest BCUT2D eigenvalue weighted by atomic mass is 32.2. The molecule has 0 bridgehead atoms. The first-order valence-corrected chi connectivity index (χ1v) is 4.05. The molecule has 52 valence electrons. The van der Waals surface area contributed by atoms with E-state index in [1.807, 2.05) is 0 Å². The first kappa shape index (κ1) is 7.24. The molecule has 1 rings (SSSR count). The SMILES string of the molecule is [NH]S(=O)(=O)c1[c]cccc1. The predicted octanol–water partition coefficient (Wildman–Crippen LogP) is 0.458. The van der Waals surface area contributed by atoms with Gasteiger partial charge in [-0.1, -0.05) is 18.2 Å². The highest BCUT2D eigenvalue weighted by molar-refractivity contribution is 7.88. The van der Waals surface area contributed by atoms with E-state index in [0.717, 1.165) is 0 Å². The number of hydrogen-bond donors (Lipinski definition) is 0. The molecule has 10 heavy (non-hydrogen) atoms. The molecule has 0 spiro atoms. The van der Waals surface area contributed by atoms with Gasteiger partial charge in [0.25, 0.3) is 10.0 Å². The van der Waals surface area contributed by atoms with Crippen LogP contribution in [0, 0.1) is 6.07 Å². The molecule has 0 amide bonds. The number of rotatable bonds is 1. The van der Waals surface area contributed by atoms with E-state index in [9.17, 15) is 8.42 Å². The molecule has 0 aliphatic heterocycles. The molecule has 0 heterocycles. The zero-order valence-electron chi connectivity index (χ0n) is 5.03. The van der Waals surface area contributed by atoms with Crippen LogP contribution in [0.1, 0.15) is 0 Å². The van der Waals surface area contributed by atoms with Crippen LogP contribution in [0.15, 0.2) is 29.2 Å². The Hall–Kier alpha value is -0.870. The molecule has 4 heteroatoms. The Morgan fingerprint density at radius 3 is 2.40 bits per heavy atom. The number of nitrogens with one attached hydrogen (secondary N) is 1. The van der Waals surface area contributed by atoms with Gasteiger partial charge in [0.1, 0.15) is 0 Å². The fraction of sp³-hybridized carbons (Fsp3) is 0. The number of benzene rings is 1. The second-order valence-electron chi connectivity index (χ2n) is 1.73. The number of sulfonamides is 1. The van der Waals surface area contributed by atoms with Crippen LogP contribution in [-0.4, -0.2) is 8.42 Å². The minimum absolute atomic E-state index is 0.0880. The van der Waals surface area contributed by atoms with Crippen LogP contribution >= 0.6 is 0 Å². The van der Waals surface area contributed by atoms with Crippen molar-refractivity contribution in [2.75, 3.05) is 0 Å². The van der Waals surface area contributed by atoms with Crippen molar-refractivity contribution in [3.05, 3.63) is 30.3 Å². The summed E-state index contributed by atoms with van der Waals surface area (Å²) >= 11 is 0. The maximum absolute atomic E-state index is 10.5. The lowest BCUT2D eigenvalue weighted by Gasteiger charge is -1.91. The fourth-order valence-corrected chi connectivity index (χ4v) is 1.02. The normalized spacial score (nSPS) is 11.3. The molecule has 2 radical (unpaired) electrons. The average Bonchev–Trinajstić information content (AvgIpc) is 1.88. The topological polar surface area (TPSA) is 57.9 Å². The Kier molecular flexibility index (Phi) is 1.74. The molecule has 0 saturated heterocycles. The van der Waals surface area contributed by atoms with Gasteiger partial charge in [-0.2, -0.15) is 0 Å². The quantitative estimate of drug-likeness (QED) is 0.591. The largest absolute Gasteiger partial charge is 0.254 e. The van der Waals surface area contributed by atoms with Gasteiger partial charge in [-0.15, -0.1) is 5.14 Å². The molecular weight excluding hydrogens is 150 g/mol. The van der Waals surface area contributed by atoms with Crippen LogP contribution in [0.2, 0.25) is 0 Å². The standard InChI is InChI=1S/C6H5NO2S/c7-10(8,9)6-4-2-1-3-5-6/h1-4,7H. The van der Waals surface area contributed by atoms with Gasteiger partial charge in [0.15, 0.2) is 0 Å². The summed E-state index contributed by atoms with van der Waals surface area (Å²) in [5.41, 5.74) is 0. The van der Waals surface area contributed by atoms with E-state index in [1.165, 1.54) is 12.1 Å². The van der Waals surface area contributed by atoms with Crippen molar-refractivity contribution in [3.8, 4) is 0 Å². The molecule has 1 N–H and O–H groups in total. The lowest BCUT2D eigenvalue weighted by atomic mass is 10.4. The van der Waals surface area contributed by atoms with E-state index >= 15 is 0 Å². The molecule has 0 aliphatic rings. The van der Waals surface area contributed by atoms with Gasteiger partial charge in [-0.05, 0) is 6.07 Å². The van der Waals surface area contributed by atoms with Crippen molar-refractivity contribution in [2.24, 2.45) is 0 Å². The third kappa shape index (κ3) is 1.55. The van der Waals surface area contributed by atoms with E-state index in [4.69, 9.17) is 5.14 Å². The Balaban J connectivity index is 3.22. The molecule has 3 nitrogen and oxygen atoms in total. The summed E-state index contributed by atoms with van der Waals surface area (Å²) in [6.07, 6.45) is 0. The van der Waals surface area contributed by atoms with Crippen molar-refractivity contribution >= 4 is 10.0 Å². The fourth-order valence-electron chi connectivity index (χ4n) is 0.544. The molecule has 0 saturated carbocycles. The van der Waals surface area contributed by atoms with Gasteiger partial charge < -0.3 is 0 Å². The minimum atomic E-state index is -3.81.